The lowest BCUT2D eigenvalue weighted by Crippen LogP contribution is -2.63. The molecular weight excluding hydrogens is 264 g/mol. The van der Waals surface area contributed by atoms with Gasteiger partial charge in [0.2, 0.25) is 0 Å². The molecule has 5 nitrogen and oxygen atoms in total. The van der Waals surface area contributed by atoms with Gasteiger partial charge in [0.15, 0.2) is 0 Å². The van der Waals surface area contributed by atoms with Crippen LogP contribution in [0.1, 0.15) is 53.8 Å². The molecule has 1 spiro atoms. The number of carbonyl (C=O) groups excluding carboxylic acids is 1. The average Bonchev–Trinajstić information content (AvgIpc) is 2.73. The standard InChI is InChI=1S/C16H26N4O/c1-12-14(13(2)19(3)18-12)15(21)20-10-9-17-11-16(20)7-5-4-6-8-16/h17H,4-11H2,1-3H3. The van der Waals surface area contributed by atoms with Gasteiger partial charge in [-0.3, -0.25) is 9.48 Å². The third kappa shape index (κ3) is 2.37. The van der Waals surface area contributed by atoms with Crippen molar-refractivity contribution in [2.45, 2.75) is 51.5 Å². The Morgan fingerprint density at radius 3 is 2.57 bits per heavy atom. The zero-order valence-corrected chi connectivity index (χ0v) is 13.4. The number of carbonyl (C=O) groups is 1. The Morgan fingerprint density at radius 2 is 1.95 bits per heavy atom. The maximum Gasteiger partial charge on any atom is 0.258 e. The second-order valence-electron chi connectivity index (χ2n) is 6.59. The number of nitrogens with one attached hydrogen (secondary N) is 1. The van der Waals surface area contributed by atoms with Gasteiger partial charge in [0.25, 0.3) is 5.91 Å². The second kappa shape index (κ2) is 5.44. The molecule has 3 rings (SSSR count). The van der Waals surface area contributed by atoms with Crippen LogP contribution in [0.3, 0.4) is 0 Å². The van der Waals surface area contributed by atoms with E-state index >= 15 is 0 Å². The van der Waals surface area contributed by atoms with E-state index < -0.39 is 0 Å². The molecule has 1 saturated carbocycles. The largest absolute Gasteiger partial charge is 0.330 e. The number of hydrogen-bond donors (Lipinski definition) is 1. The molecule has 21 heavy (non-hydrogen) atoms. The van der Waals surface area contributed by atoms with Gasteiger partial charge in [-0.1, -0.05) is 19.3 Å². The van der Waals surface area contributed by atoms with Gasteiger partial charge in [0.1, 0.15) is 0 Å². The van der Waals surface area contributed by atoms with E-state index in [1.165, 1.54) is 19.3 Å². The van der Waals surface area contributed by atoms with Crippen LogP contribution in [0.2, 0.25) is 0 Å². The minimum Gasteiger partial charge on any atom is -0.330 e. The first-order valence-electron chi connectivity index (χ1n) is 8.08. The molecule has 1 aromatic rings. The van der Waals surface area contributed by atoms with Crippen LogP contribution >= 0.6 is 0 Å². The van der Waals surface area contributed by atoms with Crippen molar-refractivity contribution >= 4 is 5.91 Å². The number of piperazine rings is 1. The molecule has 1 aliphatic heterocycles. The van der Waals surface area contributed by atoms with Gasteiger partial charge in [-0.25, -0.2) is 0 Å². The molecule has 2 fully saturated rings. The molecule has 1 aliphatic carbocycles. The van der Waals surface area contributed by atoms with Crippen LogP contribution in [-0.2, 0) is 7.05 Å². The van der Waals surface area contributed by atoms with E-state index in [0.717, 1.165) is 49.4 Å². The lowest BCUT2D eigenvalue weighted by Gasteiger charge is -2.49. The first-order valence-corrected chi connectivity index (χ1v) is 8.08. The van der Waals surface area contributed by atoms with E-state index in [0.29, 0.717) is 0 Å². The lowest BCUT2D eigenvalue weighted by atomic mass is 9.78. The maximum atomic E-state index is 13.2. The molecule has 0 unspecified atom stereocenters. The highest BCUT2D eigenvalue weighted by Gasteiger charge is 2.43. The van der Waals surface area contributed by atoms with Crippen molar-refractivity contribution in [1.29, 1.82) is 0 Å². The summed E-state index contributed by atoms with van der Waals surface area (Å²) in [5.74, 6) is 0.182. The van der Waals surface area contributed by atoms with Crippen LogP contribution in [0, 0.1) is 13.8 Å². The molecule has 1 amide bonds. The highest BCUT2D eigenvalue weighted by atomic mass is 16.2. The lowest BCUT2D eigenvalue weighted by molar-refractivity contribution is 0.0221. The fraction of sp³-hybridized carbons (Fsp3) is 0.750. The van der Waals surface area contributed by atoms with E-state index in [2.05, 4.69) is 15.3 Å². The quantitative estimate of drug-likeness (QED) is 0.858. The highest BCUT2D eigenvalue weighted by molar-refractivity contribution is 5.97. The van der Waals surface area contributed by atoms with Gasteiger partial charge >= 0.3 is 0 Å². The summed E-state index contributed by atoms with van der Waals surface area (Å²) in [5.41, 5.74) is 2.67. The summed E-state index contributed by atoms with van der Waals surface area (Å²) >= 11 is 0. The van der Waals surface area contributed by atoms with Gasteiger partial charge in [-0.2, -0.15) is 5.10 Å². The molecular formula is C16H26N4O. The Kier molecular flexibility index (Phi) is 3.78. The first kappa shape index (κ1) is 14.6. The van der Waals surface area contributed by atoms with Crippen LogP contribution in [0.5, 0.6) is 0 Å². The van der Waals surface area contributed by atoms with Gasteiger partial charge in [-0.05, 0) is 26.7 Å². The van der Waals surface area contributed by atoms with E-state index in [4.69, 9.17) is 0 Å². The smallest absolute Gasteiger partial charge is 0.258 e. The van der Waals surface area contributed by atoms with Crippen molar-refractivity contribution in [2.24, 2.45) is 7.05 Å². The fourth-order valence-corrected chi connectivity index (χ4v) is 4.04. The summed E-state index contributed by atoms with van der Waals surface area (Å²) in [6.07, 6.45) is 6.02. The zero-order chi connectivity index (χ0) is 15.0. The predicted octanol–water partition coefficient (Wildman–Crippen LogP) is 1.79. The van der Waals surface area contributed by atoms with Crippen LogP contribution in [0.15, 0.2) is 0 Å². The summed E-state index contributed by atoms with van der Waals surface area (Å²) in [4.78, 5) is 15.3. The number of hydrogen-bond acceptors (Lipinski definition) is 3. The monoisotopic (exact) mass is 290 g/mol. The summed E-state index contributed by atoms with van der Waals surface area (Å²) in [6.45, 7) is 6.58. The molecule has 0 bridgehead atoms. The van der Waals surface area contributed by atoms with Crippen LogP contribution < -0.4 is 5.32 Å². The van der Waals surface area contributed by atoms with Crippen LogP contribution in [0.4, 0.5) is 0 Å². The minimum atomic E-state index is 0.0301. The summed E-state index contributed by atoms with van der Waals surface area (Å²) in [7, 11) is 1.91. The maximum absolute atomic E-state index is 13.2. The number of aryl methyl sites for hydroxylation is 2. The summed E-state index contributed by atoms with van der Waals surface area (Å²) in [5, 5.41) is 7.91. The SMILES string of the molecule is Cc1nn(C)c(C)c1C(=O)N1CCNCC12CCCCC2. The number of nitrogens with zero attached hydrogens (tertiary/aromatic N) is 3. The predicted molar refractivity (Wildman–Crippen MR) is 82.4 cm³/mol. The molecule has 5 heteroatoms. The molecule has 0 aromatic carbocycles. The van der Waals surface area contributed by atoms with E-state index in [9.17, 15) is 4.79 Å². The molecule has 1 N–H and O–H groups in total. The Hall–Kier alpha value is -1.36. The van der Waals surface area contributed by atoms with E-state index in [1.807, 2.05) is 25.6 Å². The third-order valence-corrected chi connectivity index (χ3v) is 5.29. The van der Waals surface area contributed by atoms with Crippen molar-refractivity contribution in [1.82, 2.24) is 20.0 Å². The Bertz CT molecular complexity index is 534. The topological polar surface area (TPSA) is 50.2 Å². The first-order chi connectivity index (χ1) is 10.1. The number of amides is 1. The van der Waals surface area contributed by atoms with Gasteiger partial charge in [0.05, 0.1) is 16.8 Å². The summed E-state index contributed by atoms with van der Waals surface area (Å²) < 4.78 is 1.82. The Morgan fingerprint density at radius 1 is 1.24 bits per heavy atom. The molecule has 0 atom stereocenters. The number of rotatable bonds is 1. The summed E-state index contributed by atoms with van der Waals surface area (Å²) in [6, 6.07) is 0. The average molecular weight is 290 g/mol. The molecule has 116 valence electrons. The molecule has 2 heterocycles. The van der Waals surface area contributed by atoms with Crippen molar-refractivity contribution in [3.8, 4) is 0 Å². The van der Waals surface area contributed by atoms with Crippen LogP contribution in [0.25, 0.3) is 0 Å². The van der Waals surface area contributed by atoms with Crippen molar-refractivity contribution in [2.75, 3.05) is 19.6 Å². The Labute approximate surface area is 126 Å². The Balaban J connectivity index is 1.94. The van der Waals surface area contributed by atoms with Gasteiger partial charge < -0.3 is 10.2 Å². The third-order valence-electron chi connectivity index (χ3n) is 5.29. The van der Waals surface area contributed by atoms with Crippen molar-refractivity contribution in [3.63, 3.8) is 0 Å². The number of aromatic nitrogens is 2. The van der Waals surface area contributed by atoms with E-state index in [-0.39, 0.29) is 11.4 Å². The van der Waals surface area contributed by atoms with Crippen molar-refractivity contribution in [3.05, 3.63) is 17.0 Å². The second-order valence-corrected chi connectivity index (χ2v) is 6.59. The minimum absolute atomic E-state index is 0.0301. The van der Waals surface area contributed by atoms with Gasteiger partial charge in [-0.15, -0.1) is 0 Å². The fourth-order valence-electron chi connectivity index (χ4n) is 4.04. The molecule has 1 saturated heterocycles. The molecule has 1 aromatic heterocycles. The van der Waals surface area contributed by atoms with Gasteiger partial charge in [0, 0.05) is 32.4 Å². The normalized spacial score (nSPS) is 21.8. The highest BCUT2D eigenvalue weighted by Crippen LogP contribution is 2.36. The molecule has 0 radical (unpaired) electrons. The van der Waals surface area contributed by atoms with Crippen molar-refractivity contribution < 1.29 is 4.79 Å². The zero-order valence-electron chi connectivity index (χ0n) is 13.4. The van der Waals surface area contributed by atoms with E-state index in [1.54, 1.807) is 0 Å². The molecule has 2 aliphatic rings. The van der Waals surface area contributed by atoms with Crippen LogP contribution in [-0.4, -0.2) is 45.8 Å².